The van der Waals surface area contributed by atoms with Crippen LogP contribution in [-0.2, 0) is 14.4 Å². The van der Waals surface area contributed by atoms with Crippen LogP contribution in [0.25, 0.3) is 0 Å². The smallest absolute Gasteiger partial charge is 0.372 e. The molecule has 0 amide bonds. The van der Waals surface area contributed by atoms with Crippen LogP contribution >= 0.6 is 0 Å². The molecular formula is C22H30O4. The van der Waals surface area contributed by atoms with Crippen molar-refractivity contribution in [3.05, 3.63) is 11.6 Å². The molecule has 0 spiro atoms. The molecule has 0 radical (unpaired) electrons. The molecule has 4 nitrogen and oxygen atoms in total. The molecule has 1 unspecified atom stereocenters. The SMILES string of the molecule is CC1C[C@H]2[C@@H]3CCC4=CC(=O)CC[C@]4(C)[C@H]3CC[C@]2(C)[C@H]1C(=O)C(=O)O. The molecule has 0 aliphatic heterocycles. The van der Waals surface area contributed by atoms with E-state index < -0.39 is 11.8 Å². The fourth-order valence-electron chi connectivity index (χ4n) is 7.61. The van der Waals surface area contributed by atoms with Gasteiger partial charge in [0.25, 0.3) is 0 Å². The Morgan fingerprint density at radius 2 is 1.85 bits per heavy atom. The molecule has 4 rings (SSSR count). The molecule has 26 heavy (non-hydrogen) atoms. The normalized spacial score (nSPS) is 47.4. The van der Waals surface area contributed by atoms with E-state index >= 15 is 0 Å². The summed E-state index contributed by atoms with van der Waals surface area (Å²) in [5, 5.41) is 9.33. The molecule has 3 saturated carbocycles. The van der Waals surface area contributed by atoms with Crippen molar-refractivity contribution in [1.29, 1.82) is 0 Å². The van der Waals surface area contributed by atoms with Crippen LogP contribution in [0.2, 0.25) is 0 Å². The van der Waals surface area contributed by atoms with Crippen molar-refractivity contribution in [2.75, 3.05) is 0 Å². The maximum absolute atomic E-state index is 12.5. The fraction of sp³-hybridized carbons (Fsp3) is 0.773. The van der Waals surface area contributed by atoms with Crippen LogP contribution in [0.1, 0.15) is 65.7 Å². The van der Waals surface area contributed by atoms with Gasteiger partial charge in [-0.15, -0.1) is 0 Å². The number of carboxylic acid groups (broad SMARTS) is 1. The van der Waals surface area contributed by atoms with Crippen LogP contribution < -0.4 is 0 Å². The zero-order valence-corrected chi connectivity index (χ0v) is 16.1. The Morgan fingerprint density at radius 1 is 1.12 bits per heavy atom. The Morgan fingerprint density at radius 3 is 2.54 bits per heavy atom. The summed E-state index contributed by atoms with van der Waals surface area (Å²) in [6.45, 7) is 6.60. The predicted molar refractivity (Wildman–Crippen MR) is 97.4 cm³/mol. The minimum absolute atomic E-state index is 0.121. The average Bonchev–Trinajstić information content (AvgIpc) is 2.85. The van der Waals surface area contributed by atoms with Crippen LogP contribution in [0.3, 0.4) is 0 Å². The van der Waals surface area contributed by atoms with Gasteiger partial charge in [-0.1, -0.05) is 26.3 Å². The summed E-state index contributed by atoms with van der Waals surface area (Å²) in [6, 6.07) is 0. The standard InChI is InChI=1S/C22H30O4/c1-12-10-17-15-5-4-13-11-14(23)6-8-21(13,2)16(15)7-9-22(17,3)18(12)19(24)20(25)26/h11-12,15-18H,4-10H2,1-3H3,(H,25,26)/t12?,15-,16+,17+,18-,21+,22+/m1/s1. The number of allylic oxidation sites excluding steroid dienone is 1. The maximum Gasteiger partial charge on any atom is 0.372 e. The van der Waals surface area contributed by atoms with Crippen molar-refractivity contribution in [3.63, 3.8) is 0 Å². The third-order valence-corrected chi connectivity index (χ3v) is 8.80. The molecule has 1 N–H and O–H groups in total. The van der Waals surface area contributed by atoms with Gasteiger partial charge in [0.2, 0.25) is 5.78 Å². The lowest BCUT2D eigenvalue weighted by Gasteiger charge is -2.58. The number of hydrogen-bond acceptors (Lipinski definition) is 3. The van der Waals surface area contributed by atoms with Crippen LogP contribution in [-0.4, -0.2) is 22.6 Å². The van der Waals surface area contributed by atoms with E-state index in [0.29, 0.717) is 24.2 Å². The first-order chi connectivity index (χ1) is 12.2. The Bertz CT molecular complexity index is 707. The Labute approximate surface area is 155 Å². The van der Waals surface area contributed by atoms with Gasteiger partial charge < -0.3 is 5.11 Å². The Kier molecular flexibility index (Phi) is 3.98. The summed E-state index contributed by atoms with van der Waals surface area (Å²) in [4.78, 5) is 35.8. The van der Waals surface area contributed by atoms with Crippen molar-refractivity contribution in [2.45, 2.75) is 65.7 Å². The Hall–Kier alpha value is -1.45. The molecule has 142 valence electrons. The van der Waals surface area contributed by atoms with Crippen molar-refractivity contribution in [2.24, 2.45) is 40.4 Å². The number of ketones is 2. The minimum atomic E-state index is -1.27. The highest BCUT2D eigenvalue weighted by Gasteiger charge is 2.62. The molecule has 0 bridgehead atoms. The average molecular weight is 358 g/mol. The van der Waals surface area contributed by atoms with E-state index in [1.165, 1.54) is 5.57 Å². The van der Waals surface area contributed by atoms with Gasteiger partial charge in [-0.2, -0.15) is 0 Å². The number of carbonyl (C=O) groups excluding carboxylic acids is 2. The highest BCUT2D eigenvalue weighted by molar-refractivity contribution is 6.33. The number of hydrogen-bond donors (Lipinski definition) is 1. The van der Waals surface area contributed by atoms with Gasteiger partial charge in [0.15, 0.2) is 5.78 Å². The van der Waals surface area contributed by atoms with Crippen molar-refractivity contribution in [1.82, 2.24) is 0 Å². The highest BCUT2D eigenvalue weighted by atomic mass is 16.4. The summed E-state index contributed by atoms with van der Waals surface area (Å²) < 4.78 is 0. The van der Waals surface area contributed by atoms with Crippen LogP contribution in [0, 0.1) is 40.4 Å². The van der Waals surface area contributed by atoms with Gasteiger partial charge in [-0.3, -0.25) is 9.59 Å². The lowest BCUT2D eigenvalue weighted by molar-refractivity contribution is -0.155. The van der Waals surface area contributed by atoms with Crippen LogP contribution in [0.4, 0.5) is 0 Å². The molecule has 7 atom stereocenters. The van der Waals surface area contributed by atoms with E-state index in [-0.39, 0.29) is 28.4 Å². The lowest BCUT2D eigenvalue weighted by atomic mass is 9.46. The third-order valence-electron chi connectivity index (χ3n) is 8.80. The van der Waals surface area contributed by atoms with E-state index in [0.717, 1.165) is 38.5 Å². The predicted octanol–water partition coefficient (Wildman–Crippen LogP) is 4.03. The number of aliphatic carboxylic acids is 1. The second-order valence-electron chi connectivity index (χ2n) is 9.87. The van der Waals surface area contributed by atoms with Gasteiger partial charge >= 0.3 is 5.97 Å². The molecule has 4 aliphatic carbocycles. The number of fused-ring (bicyclic) bond motifs is 5. The number of rotatable bonds is 2. The molecule has 0 saturated heterocycles. The second-order valence-corrected chi connectivity index (χ2v) is 9.87. The van der Waals surface area contributed by atoms with E-state index in [4.69, 9.17) is 0 Å². The lowest BCUT2D eigenvalue weighted by Crippen LogP contribution is -2.51. The molecule has 4 aliphatic rings. The second kappa shape index (κ2) is 5.77. The Balaban J connectivity index is 1.68. The zero-order chi connectivity index (χ0) is 18.9. The quantitative estimate of drug-likeness (QED) is 0.756. The highest BCUT2D eigenvalue weighted by Crippen LogP contribution is 2.67. The summed E-state index contributed by atoms with van der Waals surface area (Å²) in [6.07, 6.45) is 8.55. The maximum atomic E-state index is 12.5. The zero-order valence-electron chi connectivity index (χ0n) is 16.1. The summed E-state index contributed by atoms with van der Waals surface area (Å²) in [7, 11) is 0. The monoisotopic (exact) mass is 358 g/mol. The van der Waals surface area contributed by atoms with E-state index in [1.807, 2.05) is 6.08 Å². The van der Waals surface area contributed by atoms with E-state index in [9.17, 15) is 19.5 Å². The molecule has 3 fully saturated rings. The number of Topliss-reactive ketones (excluding diaryl/α,β-unsaturated/α-hetero) is 1. The van der Waals surface area contributed by atoms with Crippen molar-refractivity contribution < 1.29 is 19.5 Å². The minimum Gasteiger partial charge on any atom is -0.475 e. The summed E-state index contributed by atoms with van der Waals surface area (Å²) >= 11 is 0. The molecule has 0 aromatic rings. The van der Waals surface area contributed by atoms with E-state index in [2.05, 4.69) is 20.8 Å². The third kappa shape index (κ3) is 2.30. The topological polar surface area (TPSA) is 71.4 Å². The molecule has 0 heterocycles. The first-order valence-electron chi connectivity index (χ1n) is 10.2. The van der Waals surface area contributed by atoms with E-state index in [1.54, 1.807) is 0 Å². The molecular weight excluding hydrogens is 328 g/mol. The number of carboxylic acids is 1. The van der Waals surface area contributed by atoms with Gasteiger partial charge in [0.1, 0.15) is 0 Å². The van der Waals surface area contributed by atoms with Gasteiger partial charge in [0, 0.05) is 12.3 Å². The van der Waals surface area contributed by atoms with Crippen molar-refractivity contribution >= 4 is 17.5 Å². The largest absolute Gasteiger partial charge is 0.475 e. The first kappa shape index (κ1) is 17.9. The van der Waals surface area contributed by atoms with Crippen LogP contribution in [0.5, 0.6) is 0 Å². The van der Waals surface area contributed by atoms with Crippen LogP contribution in [0.15, 0.2) is 11.6 Å². The molecule has 0 aromatic carbocycles. The van der Waals surface area contributed by atoms with Gasteiger partial charge in [0.05, 0.1) is 0 Å². The molecule has 0 aromatic heterocycles. The summed E-state index contributed by atoms with van der Waals surface area (Å²) in [5.41, 5.74) is 1.29. The summed E-state index contributed by atoms with van der Waals surface area (Å²) in [5.74, 6) is -0.214. The van der Waals surface area contributed by atoms with Crippen molar-refractivity contribution in [3.8, 4) is 0 Å². The first-order valence-corrected chi connectivity index (χ1v) is 10.2. The molecule has 4 heteroatoms. The number of carbonyl (C=O) groups is 3. The fourth-order valence-corrected chi connectivity index (χ4v) is 7.61. The van der Waals surface area contributed by atoms with Gasteiger partial charge in [-0.25, -0.2) is 4.79 Å². The van der Waals surface area contributed by atoms with Gasteiger partial charge in [-0.05, 0) is 79.1 Å².